The van der Waals surface area contributed by atoms with E-state index in [1.165, 1.54) is 0 Å². The van der Waals surface area contributed by atoms with Gasteiger partial charge in [-0.15, -0.1) is 0 Å². The highest BCUT2D eigenvalue weighted by Crippen LogP contribution is 2.32. The van der Waals surface area contributed by atoms with Crippen molar-refractivity contribution in [2.75, 3.05) is 17.4 Å². The number of fused-ring (bicyclic) bond motifs is 1. The van der Waals surface area contributed by atoms with Crippen molar-refractivity contribution < 1.29 is 14.3 Å². The molecule has 6 nitrogen and oxygen atoms in total. The van der Waals surface area contributed by atoms with Crippen LogP contribution in [0, 0.1) is 0 Å². The zero-order valence-corrected chi connectivity index (χ0v) is 13.0. The Morgan fingerprint density at radius 2 is 2.09 bits per heavy atom. The Morgan fingerprint density at radius 3 is 2.87 bits per heavy atom. The molecule has 0 bridgehead atoms. The number of benzene rings is 1. The summed E-state index contributed by atoms with van der Waals surface area (Å²) in [7, 11) is 0. The normalized spacial score (nSPS) is 12.0. The highest BCUT2D eigenvalue weighted by molar-refractivity contribution is 5.90. The van der Waals surface area contributed by atoms with Gasteiger partial charge in [-0.1, -0.05) is 13.0 Å². The van der Waals surface area contributed by atoms with E-state index in [1.807, 2.05) is 37.3 Å². The first kappa shape index (κ1) is 15.1. The van der Waals surface area contributed by atoms with E-state index in [2.05, 4.69) is 15.6 Å². The molecule has 2 N–H and O–H groups in total. The number of hydrogen-bond donors (Lipinski definition) is 2. The minimum Gasteiger partial charge on any atom is -0.454 e. The van der Waals surface area contributed by atoms with Crippen molar-refractivity contribution in [3.63, 3.8) is 0 Å². The first-order valence-corrected chi connectivity index (χ1v) is 7.63. The first-order valence-electron chi connectivity index (χ1n) is 7.63. The predicted octanol–water partition coefficient (Wildman–Crippen LogP) is 3.16. The summed E-state index contributed by atoms with van der Waals surface area (Å²) in [6.07, 6.45) is 2.99. The summed E-state index contributed by atoms with van der Waals surface area (Å²) in [4.78, 5) is 15.8. The summed E-state index contributed by atoms with van der Waals surface area (Å²) >= 11 is 0. The van der Waals surface area contributed by atoms with E-state index in [-0.39, 0.29) is 12.7 Å². The van der Waals surface area contributed by atoms with E-state index in [9.17, 15) is 4.79 Å². The van der Waals surface area contributed by atoms with Crippen LogP contribution in [0.4, 0.5) is 11.5 Å². The molecule has 1 aromatic carbocycles. The predicted molar refractivity (Wildman–Crippen MR) is 87.7 cm³/mol. The third-order valence-electron chi connectivity index (χ3n) is 3.43. The molecule has 0 atom stereocenters. The molecule has 1 aromatic heterocycles. The van der Waals surface area contributed by atoms with Gasteiger partial charge in [-0.2, -0.15) is 0 Å². The lowest BCUT2D eigenvalue weighted by atomic mass is 10.2. The lowest BCUT2D eigenvalue weighted by Crippen LogP contribution is -2.11. The number of carbonyl (C=O) groups is 1. The van der Waals surface area contributed by atoms with Gasteiger partial charge in [0.15, 0.2) is 11.5 Å². The van der Waals surface area contributed by atoms with Crippen LogP contribution in [0.2, 0.25) is 0 Å². The number of amides is 1. The number of nitrogens with zero attached hydrogens (tertiary/aromatic N) is 1. The summed E-state index contributed by atoms with van der Waals surface area (Å²) in [5.74, 6) is 2.30. The van der Waals surface area contributed by atoms with Gasteiger partial charge in [0.1, 0.15) is 5.82 Å². The second-order valence-electron chi connectivity index (χ2n) is 5.27. The molecule has 1 aliphatic rings. The second kappa shape index (κ2) is 7.00. The van der Waals surface area contributed by atoms with Crippen LogP contribution in [-0.2, 0) is 11.3 Å². The molecule has 0 aliphatic carbocycles. The van der Waals surface area contributed by atoms with Gasteiger partial charge in [0.05, 0.1) is 11.9 Å². The minimum absolute atomic E-state index is 0.00960. The highest BCUT2D eigenvalue weighted by Gasteiger charge is 2.12. The molecule has 0 radical (unpaired) electrons. The number of carbonyl (C=O) groups excluding carboxylic acids is 1. The third-order valence-corrected chi connectivity index (χ3v) is 3.43. The van der Waals surface area contributed by atoms with Crippen LogP contribution >= 0.6 is 0 Å². The number of rotatable bonds is 6. The Labute approximate surface area is 134 Å². The molecule has 23 heavy (non-hydrogen) atoms. The van der Waals surface area contributed by atoms with Crippen molar-refractivity contribution in [3.05, 3.63) is 42.1 Å². The summed E-state index contributed by atoms with van der Waals surface area (Å²) in [6.45, 7) is 2.88. The van der Waals surface area contributed by atoms with E-state index in [0.717, 1.165) is 29.3 Å². The Bertz CT molecular complexity index is 686. The minimum atomic E-state index is 0.00960. The maximum absolute atomic E-state index is 11.5. The summed E-state index contributed by atoms with van der Waals surface area (Å²) in [5.41, 5.74) is 1.79. The smallest absolute Gasteiger partial charge is 0.231 e. The largest absolute Gasteiger partial charge is 0.454 e. The molecule has 0 saturated heterocycles. The Kier molecular flexibility index (Phi) is 4.61. The molecule has 0 spiro atoms. The number of aromatic nitrogens is 1. The summed E-state index contributed by atoms with van der Waals surface area (Å²) in [5, 5.41) is 6.05. The molecule has 120 valence electrons. The molecule has 0 fully saturated rings. The summed E-state index contributed by atoms with van der Waals surface area (Å²) < 4.78 is 10.6. The van der Waals surface area contributed by atoms with Gasteiger partial charge in [-0.25, -0.2) is 4.98 Å². The lowest BCUT2D eigenvalue weighted by Gasteiger charge is -2.08. The van der Waals surface area contributed by atoms with Gasteiger partial charge in [0.25, 0.3) is 0 Å². The molecule has 6 heteroatoms. The van der Waals surface area contributed by atoms with E-state index in [4.69, 9.17) is 9.47 Å². The molecule has 1 aliphatic heterocycles. The van der Waals surface area contributed by atoms with Crippen molar-refractivity contribution in [1.82, 2.24) is 4.98 Å². The van der Waals surface area contributed by atoms with Gasteiger partial charge in [0.2, 0.25) is 12.7 Å². The zero-order chi connectivity index (χ0) is 16.1. The van der Waals surface area contributed by atoms with Crippen molar-refractivity contribution >= 4 is 17.4 Å². The van der Waals surface area contributed by atoms with Crippen LogP contribution in [0.1, 0.15) is 25.3 Å². The number of nitrogens with one attached hydrogen (secondary N) is 2. The highest BCUT2D eigenvalue weighted by atomic mass is 16.7. The van der Waals surface area contributed by atoms with Crippen LogP contribution in [0.3, 0.4) is 0 Å². The maximum atomic E-state index is 11.5. The number of anilines is 2. The van der Waals surface area contributed by atoms with Crippen LogP contribution in [0.5, 0.6) is 11.5 Å². The lowest BCUT2D eigenvalue weighted by molar-refractivity contribution is -0.116. The monoisotopic (exact) mass is 313 g/mol. The molecule has 1 amide bonds. The molecule has 2 aromatic rings. The average molecular weight is 313 g/mol. The molecular formula is C17H19N3O3. The first-order chi connectivity index (χ1) is 11.2. The number of ether oxygens (including phenoxy) is 2. The van der Waals surface area contributed by atoms with E-state index < -0.39 is 0 Å². The molecular weight excluding hydrogens is 294 g/mol. The van der Waals surface area contributed by atoms with Crippen LogP contribution < -0.4 is 20.1 Å². The van der Waals surface area contributed by atoms with E-state index >= 15 is 0 Å². The average Bonchev–Trinajstić information content (AvgIpc) is 3.02. The van der Waals surface area contributed by atoms with Gasteiger partial charge < -0.3 is 20.1 Å². The van der Waals surface area contributed by atoms with Gasteiger partial charge in [-0.3, -0.25) is 4.79 Å². The fourth-order valence-electron chi connectivity index (χ4n) is 2.27. The second-order valence-corrected chi connectivity index (χ2v) is 5.27. The Morgan fingerprint density at radius 1 is 1.22 bits per heavy atom. The van der Waals surface area contributed by atoms with Gasteiger partial charge >= 0.3 is 0 Å². The summed E-state index contributed by atoms with van der Waals surface area (Å²) in [6, 6.07) is 9.52. The van der Waals surface area contributed by atoms with Crippen molar-refractivity contribution in [2.24, 2.45) is 0 Å². The Balaban J connectivity index is 1.55. The number of pyridine rings is 1. The standard InChI is InChI=1S/C17H19N3O3/c1-2-3-17(21)20-13-5-7-16(19-10-13)18-9-12-4-6-14-15(8-12)23-11-22-14/h4-8,10H,2-3,9,11H2,1H3,(H,18,19)(H,20,21). The molecule has 2 heterocycles. The van der Waals surface area contributed by atoms with E-state index in [1.54, 1.807) is 6.20 Å². The topological polar surface area (TPSA) is 72.5 Å². The fourth-order valence-corrected chi connectivity index (χ4v) is 2.27. The van der Waals surface area contributed by atoms with Crippen molar-refractivity contribution in [1.29, 1.82) is 0 Å². The molecule has 0 unspecified atom stereocenters. The van der Waals surface area contributed by atoms with Crippen LogP contribution in [-0.4, -0.2) is 17.7 Å². The fraction of sp³-hybridized carbons (Fsp3) is 0.294. The molecule has 0 saturated carbocycles. The van der Waals surface area contributed by atoms with Crippen molar-refractivity contribution in [3.8, 4) is 11.5 Å². The molecule has 3 rings (SSSR count). The van der Waals surface area contributed by atoms with Crippen molar-refractivity contribution in [2.45, 2.75) is 26.3 Å². The number of hydrogen-bond acceptors (Lipinski definition) is 5. The van der Waals surface area contributed by atoms with Gasteiger partial charge in [0, 0.05) is 13.0 Å². The van der Waals surface area contributed by atoms with Gasteiger partial charge in [-0.05, 0) is 36.2 Å². The third kappa shape index (κ3) is 3.91. The quantitative estimate of drug-likeness (QED) is 0.857. The maximum Gasteiger partial charge on any atom is 0.231 e. The zero-order valence-electron chi connectivity index (χ0n) is 13.0. The SMILES string of the molecule is CCCC(=O)Nc1ccc(NCc2ccc3c(c2)OCO3)nc1. The van der Waals surface area contributed by atoms with E-state index in [0.29, 0.717) is 18.7 Å². The van der Waals surface area contributed by atoms with Crippen LogP contribution in [0.25, 0.3) is 0 Å². The van der Waals surface area contributed by atoms with Crippen LogP contribution in [0.15, 0.2) is 36.5 Å². The Hall–Kier alpha value is -2.76.